The molecule has 0 aromatic heterocycles. The van der Waals surface area contributed by atoms with E-state index in [9.17, 15) is 0 Å². The standard InChI is InChI=1S/C18H31NO2/c1-15(2)9-11-21-12-10-16(14-19-3)13-17-7-5-6-8-18(17)20-4/h5-8,15-16,19H,9-14H2,1-4H3. The molecule has 0 saturated carbocycles. The molecule has 1 rings (SSSR count). The summed E-state index contributed by atoms with van der Waals surface area (Å²) < 4.78 is 11.2. The summed E-state index contributed by atoms with van der Waals surface area (Å²) in [4.78, 5) is 0. The quantitative estimate of drug-likeness (QED) is 0.633. The first-order valence-electron chi connectivity index (χ1n) is 8.01. The smallest absolute Gasteiger partial charge is 0.122 e. The molecule has 1 atom stereocenters. The van der Waals surface area contributed by atoms with E-state index in [4.69, 9.17) is 9.47 Å². The van der Waals surface area contributed by atoms with E-state index in [-0.39, 0.29) is 0 Å². The molecular formula is C18H31NO2. The van der Waals surface area contributed by atoms with E-state index in [0.29, 0.717) is 11.8 Å². The second kappa shape index (κ2) is 10.6. The molecule has 0 heterocycles. The predicted molar refractivity (Wildman–Crippen MR) is 89.0 cm³/mol. The molecule has 3 heteroatoms. The normalized spacial score (nSPS) is 12.6. The van der Waals surface area contributed by atoms with Crippen LogP contribution >= 0.6 is 0 Å². The Hall–Kier alpha value is -1.06. The lowest BCUT2D eigenvalue weighted by molar-refractivity contribution is 0.110. The number of para-hydroxylation sites is 1. The van der Waals surface area contributed by atoms with Crippen molar-refractivity contribution in [3.8, 4) is 5.75 Å². The molecule has 1 unspecified atom stereocenters. The van der Waals surface area contributed by atoms with Crippen LogP contribution in [0.5, 0.6) is 5.75 Å². The van der Waals surface area contributed by atoms with Crippen molar-refractivity contribution in [2.24, 2.45) is 11.8 Å². The third-order valence-electron chi connectivity index (χ3n) is 3.70. The molecule has 0 aliphatic rings. The maximum absolute atomic E-state index is 5.76. The fourth-order valence-electron chi connectivity index (χ4n) is 2.42. The molecule has 1 aromatic rings. The van der Waals surface area contributed by atoms with Crippen LogP contribution in [0, 0.1) is 11.8 Å². The van der Waals surface area contributed by atoms with Crippen molar-refractivity contribution in [1.82, 2.24) is 5.32 Å². The zero-order valence-corrected chi connectivity index (χ0v) is 14.0. The maximum Gasteiger partial charge on any atom is 0.122 e. The maximum atomic E-state index is 5.76. The fraction of sp³-hybridized carbons (Fsp3) is 0.667. The zero-order chi connectivity index (χ0) is 15.5. The van der Waals surface area contributed by atoms with Gasteiger partial charge in [0.15, 0.2) is 0 Å². The summed E-state index contributed by atoms with van der Waals surface area (Å²) in [5, 5.41) is 3.29. The lowest BCUT2D eigenvalue weighted by Gasteiger charge is -2.18. The Morgan fingerprint density at radius 3 is 2.48 bits per heavy atom. The third-order valence-corrected chi connectivity index (χ3v) is 3.70. The lowest BCUT2D eigenvalue weighted by atomic mass is 9.96. The molecule has 1 aromatic carbocycles. The van der Waals surface area contributed by atoms with E-state index < -0.39 is 0 Å². The first-order valence-corrected chi connectivity index (χ1v) is 8.01. The fourth-order valence-corrected chi connectivity index (χ4v) is 2.42. The van der Waals surface area contributed by atoms with Crippen molar-refractivity contribution in [2.75, 3.05) is 33.9 Å². The van der Waals surface area contributed by atoms with Gasteiger partial charge in [-0.05, 0) is 56.3 Å². The van der Waals surface area contributed by atoms with Crippen LogP contribution in [0.4, 0.5) is 0 Å². The Balaban J connectivity index is 2.42. The van der Waals surface area contributed by atoms with Crippen LogP contribution in [-0.2, 0) is 11.2 Å². The van der Waals surface area contributed by atoms with Gasteiger partial charge in [-0.25, -0.2) is 0 Å². The Morgan fingerprint density at radius 1 is 1.10 bits per heavy atom. The van der Waals surface area contributed by atoms with Crippen molar-refractivity contribution in [2.45, 2.75) is 33.1 Å². The van der Waals surface area contributed by atoms with Gasteiger partial charge in [0, 0.05) is 13.2 Å². The Kier molecular flexibility index (Phi) is 9.11. The molecular weight excluding hydrogens is 262 g/mol. The largest absolute Gasteiger partial charge is 0.496 e. The zero-order valence-electron chi connectivity index (χ0n) is 14.0. The van der Waals surface area contributed by atoms with Crippen LogP contribution in [-0.4, -0.2) is 33.9 Å². The van der Waals surface area contributed by atoms with Gasteiger partial charge in [0.1, 0.15) is 5.75 Å². The summed E-state index contributed by atoms with van der Waals surface area (Å²) in [7, 11) is 3.75. The lowest BCUT2D eigenvalue weighted by Crippen LogP contribution is -2.22. The highest BCUT2D eigenvalue weighted by Crippen LogP contribution is 2.22. The van der Waals surface area contributed by atoms with Crippen LogP contribution in [0.25, 0.3) is 0 Å². The van der Waals surface area contributed by atoms with Gasteiger partial charge >= 0.3 is 0 Å². The number of hydrogen-bond acceptors (Lipinski definition) is 3. The molecule has 0 bridgehead atoms. The van der Waals surface area contributed by atoms with E-state index in [1.165, 1.54) is 5.56 Å². The monoisotopic (exact) mass is 293 g/mol. The van der Waals surface area contributed by atoms with Gasteiger partial charge in [-0.2, -0.15) is 0 Å². The highest BCUT2D eigenvalue weighted by molar-refractivity contribution is 5.33. The van der Waals surface area contributed by atoms with Gasteiger partial charge < -0.3 is 14.8 Å². The minimum Gasteiger partial charge on any atom is -0.496 e. The van der Waals surface area contributed by atoms with Gasteiger partial charge in [0.05, 0.1) is 7.11 Å². The number of hydrogen-bond donors (Lipinski definition) is 1. The van der Waals surface area contributed by atoms with Crippen molar-refractivity contribution in [3.63, 3.8) is 0 Å². The summed E-state index contributed by atoms with van der Waals surface area (Å²) >= 11 is 0. The van der Waals surface area contributed by atoms with Crippen molar-refractivity contribution >= 4 is 0 Å². The molecule has 0 aliphatic heterocycles. The Labute approximate surface area is 130 Å². The number of ether oxygens (including phenoxy) is 2. The molecule has 1 N–H and O–H groups in total. The Morgan fingerprint density at radius 2 is 1.81 bits per heavy atom. The predicted octanol–water partition coefficient (Wildman–Crippen LogP) is 3.53. The molecule has 0 radical (unpaired) electrons. The molecule has 0 amide bonds. The van der Waals surface area contributed by atoms with Crippen LogP contribution in [0.15, 0.2) is 24.3 Å². The van der Waals surface area contributed by atoms with Crippen LogP contribution in [0.2, 0.25) is 0 Å². The number of nitrogens with one attached hydrogen (secondary N) is 1. The molecule has 0 fully saturated rings. The van der Waals surface area contributed by atoms with Gasteiger partial charge in [0.2, 0.25) is 0 Å². The number of rotatable bonds is 11. The first kappa shape index (κ1) is 18.0. The van der Waals surface area contributed by atoms with E-state index >= 15 is 0 Å². The average Bonchev–Trinajstić information content (AvgIpc) is 2.47. The SMILES string of the molecule is CNCC(CCOCCC(C)C)Cc1ccccc1OC. The third kappa shape index (κ3) is 7.49. The summed E-state index contributed by atoms with van der Waals surface area (Å²) in [6, 6.07) is 8.28. The number of benzene rings is 1. The minimum atomic E-state index is 0.574. The van der Waals surface area contributed by atoms with E-state index in [0.717, 1.165) is 44.8 Å². The highest BCUT2D eigenvalue weighted by atomic mass is 16.5. The van der Waals surface area contributed by atoms with Crippen molar-refractivity contribution < 1.29 is 9.47 Å². The van der Waals surface area contributed by atoms with Gasteiger partial charge in [0.25, 0.3) is 0 Å². The summed E-state index contributed by atoms with van der Waals surface area (Å²) in [6.07, 6.45) is 3.25. The summed E-state index contributed by atoms with van der Waals surface area (Å²) in [5.74, 6) is 2.27. The van der Waals surface area contributed by atoms with Crippen LogP contribution in [0.1, 0.15) is 32.3 Å². The average molecular weight is 293 g/mol. The molecule has 21 heavy (non-hydrogen) atoms. The van der Waals surface area contributed by atoms with E-state index in [2.05, 4.69) is 31.3 Å². The van der Waals surface area contributed by atoms with Gasteiger partial charge in [-0.3, -0.25) is 0 Å². The number of methoxy groups -OCH3 is 1. The van der Waals surface area contributed by atoms with Crippen molar-refractivity contribution in [3.05, 3.63) is 29.8 Å². The molecule has 0 spiro atoms. The van der Waals surface area contributed by atoms with Crippen LogP contribution < -0.4 is 10.1 Å². The van der Waals surface area contributed by atoms with Gasteiger partial charge in [-0.15, -0.1) is 0 Å². The molecule has 0 saturated heterocycles. The van der Waals surface area contributed by atoms with E-state index in [1.54, 1.807) is 7.11 Å². The minimum absolute atomic E-state index is 0.574. The molecule has 0 aliphatic carbocycles. The topological polar surface area (TPSA) is 30.5 Å². The molecule has 3 nitrogen and oxygen atoms in total. The Bertz CT molecular complexity index is 379. The summed E-state index contributed by atoms with van der Waals surface area (Å²) in [5.41, 5.74) is 1.28. The molecule has 120 valence electrons. The van der Waals surface area contributed by atoms with Crippen molar-refractivity contribution in [1.29, 1.82) is 0 Å². The second-order valence-corrected chi connectivity index (χ2v) is 6.02. The highest BCUT2D eigenvalue weighted by Gasteiger charge is 2.12. The second-order valence-electron chi connectivity index (χ2n) is 6.02. The summed E-state index contributed by atoms with van der Waals surface area (Å²) in [6.45, 7) is 7.18. The van der Waals surface area contributed by atoms with Crippen LogP contribution in [0.3, 0.4) is 0 Å². The van der Waals surface area contributed by atoms with E-state index in [1.807, 2.05) is 19.2 Å². The van der Waals surface area contributed by atoms with Gasteiger partial charge in [-0.1, -0.05) is 32.0 Å². The first-order chi connectivity index (χ1) is 10.2.